The molecule has 0 aliphatic rings. The van der Waals surface area contributed by atoms with E-state index in [0.29, 0.717) is 26.4 Å². The van der Waals surface area contributed by atoms with Crippen molar-refractivity contribution in [1.82, 2.24) is 0 Å². The van der Waals surface area contributed by atoms with Gasteiger partial charge in [0.1, 0.15) is 10.8 Å². The number of amides is 1. The van der Waals surface area contributed by atoms with Crippen LogP contribution in [0.3, 0.4) is 0 Å². The van der Waals surface area contributed by atoms with Gasteiger partial charge in [0.05, 0.1) is 17.2 Å². The highest BCUT2D eigenvalue weighted by molar-refractivity contribution is 7.16. The summed E-state index contributed by atoms with van der Waals surface area (Å²) in [4.78, 5) is 24.8. The van der Waals surface area contributed by atoms with Crippen LogP contribution in [0.4, 0.5) is 5.00 Å². The molecule has 1 N–H and O–H groups in total. The second-order valence-electron chi connectivity index (χ2n) is 4.73. The Labute approximate surface area is 153 Å². The van der Waals surface area contributed by atoms with Gasteiger partial charge in [0, 0.05) is 9.90 Å². The van der Waals surface area contributed by atoms with Gasteiger partial charge in [-0.1, -0.05) is 23.2 Å². The molecule has 24 heavy (non-hydrogen) atoms. The van der Waals surface area contributed by atoms with Crippen LogP contribution in [0.25, 0.3) is 0 Å². The molecule has 0 aliphatic carbocycles. The minimum atomic E-state index is -0.473. The zero-order chi connectivity index (χ0) is 17.7. The zero-order valence-electron chi connectivity index (χ0n) is 13.0. The van der Waals surface area contributed by atoms with Crippen LogP contribution in [-0.4, -0.2) is 25.1 Å². The van der Waals surface area contributed by atoms with Crippen LogP contribution in [0, 0.1) is 6.92 Å². The number of carbonyl (C=O) groups is 2. The van der Waals surface area contributed by atoms with E-state index in [1.165, 1.54) is 17.4 Å². The summed E-state index contributed by atoms with van der Waals surface area (Å²) < 4.78 is 10.3. The van der Waals surface area contributed by atoms with Crippen molar-refractivity contribution < 1.29 is 19.1 Å². The molecule has 5 nitrogen and oxygen atoms in total. The fraction of sp³-hybridized carbons (Fsp3) is 0.250. The summed E-state index contributed by atoms with van der Waals surface area (Å²) in [6.45, 7) is 3.58. The van der Waals surface area contributed by atoms with Crippen LogP contribution < -0.4 is 10.1 Å². The van der Waals surface area contributed by atoms with Crippen molar-refractivity contribution in [2.24, 2.45) is 0 Å². The highest BCUT2D eigenvalue weighted by atomic mass is 35.5. The number of benzene rings is 1. The number of thiophene rings is 1. The van der Waals surface area contributed by atoms with Crippen LogP contribution in [0.1, 0.15) is 22.2 Å². The summed E-state index contributed by atoms with van der Waals surface area (Å²) in [7, 11) is 0. The molecule has 0 radical (unpaired) electrons. The third-order valence-corrected chi connectivity index (χ3v) is 4.35. The summed E-state index contributed by atoms with van der Waals surface area (Å²) in [6, 6.07) is 6.40. The first-order chi connectivity index (χ1) is 11.4. The Balaban J connectivity index is 2.01. The van der Waals surface area contributed by atoms with Crippen molar-refractivity contribution >= 4 is 51.4 Å². The first kappa shape index (κ1) is 18.6. The number of halogens is 2. The maximum atomic E-state index is 12.1. The van der Waals surface area contributed by atoms with E-state index in [1.54, 1.807) is 25.1 Å². The molecule has 0 fully saturated rings. The Morgan fingerprint density at radius 3 is 2.67 bits per heavy atom. The number of rotatable bonds is 6. The van der Waals surface area contributed by atoms with Gasteiger partial charge in [-0.2, -0.15) is 0 Å². The van der Waals surface area contributed by atoms with E-state index in [2.05, 4.69) is 5.32 Å². The fourth-order valence-corrected chi connectivity index (χ4v) is 3.24. The number of hydrogen-bond donors (Lipinski definition) is 1. The number of carbonyl (C=O) groups excluding carboxylic acids is 2. The monoisotopic (exact) mass is 387 g/mol. The zero-order valence-corrected chi connectivity index (χ0v) is 15.3. The molecule has 1 amide bonds. The van der Waals surface area contributed by atoms with Crippen molar-refractivity contribution in [3.05, 3.63) is 44.8 Å². The van der Waals surface area contributed by atoms with Crippen LogP contribution in [0.2, 0.25) is 10.0 Å². The van der Waals surface area contributed by atoms with Crippen LogP contribution >= 0.6 is 34.5 Å². The van der Waals surface area contributed by atoms with Gasteiger partial charge < -0.3 is 14.8 Å². The molecule has 0 unspecified atom stereocenters. The molecule has 0 atom stereocenters. The van der Waals surface area contributed by atoms with Gasteiger partial charge >= 0.3 is 5.97 Å². The Hall–Kier alpha value is -1.76. The van der Waals surface area contributed by atoms with E-state index in [1.807, 2.05) is 6.92 Å². The number of ether oxygens (including phenoxy) is 2. The summed E-state index contributed by atoms with van der Waals surface area (Å²) in [5, 5.41) is 3.88. The van der Waals surface area contributed by atoms with Crippen LogP contribution in [0.5, 0.6) is 5.75 Å². The molecule has 0 saturated heterocycles. The number of esters is 1. The lowest BCUT2D eigenvalue weighted by molar-refractivity contribution is -0.118. The topological polar surface area (TPSA) is 64.6 Å². The van der Waals surface area contributed by atoms with E-state index >= 15 is 0 Å². The van der Waals surface area contributed by atoms with Gasteiger partial charge in [-0.25, -0.2) is 4.79 Å². The molecule has 0 bridgehead atoms. The lowest BCUT2D eigenvalue weighted by Gasteiger charge is -2.09. The highest BCUT2D eigenvalue weighted by Gasteiger charge is 2.18. The molecular formula is C16H15Cl2NO4S. The minimum absolute atomic E-state index is 0.249. The lowest BCUT2D eigenvalue weighted by atomic mass is 10.3. The summed E-state index contributed by atoms with van der Waals surface area (Å²) in [5.41, 5.74) is 0.331. The van der Waals surface area contributed by atoms with E-state index in [0.717, 1.165) is 4.88 Å². The van der Waals surface area contributed by atoms with Crippen molar-refractivity contribution in [2.45, 2.75) is 13.8 Å². The summed E-state index contributed by atoms with van der Waals surface area (Å²) in [6.07, 6.45) is 0. The van der Waals surface area contributed by atoms with Gasteiger partial charge in [-0.15, -0.1) is 11.3 Å². The van der Waals surface area contributed by atoms with Crippen LogP contribution in [-0.2, 0) is 9.53 Å². The Morgan fingerprint density at radius 1 is 1.25 bits per heavy atom. The largest absolute Gasteiger partial charge is 0.482 e. The Morgan fingerprint density at radius 2 is 2.00 bits per heavy atom. The van der Waals surface area contributed by atoms with E-state index in [-0.39, 0.29) is 13.2 Å². The maximum Gasteiger partial charge on any atom is 0.341 e. The molecule has 2 rings (SSSR count). The molecule has 2 aromatic rings. The average molecular weight is 388 g/mol. The average Bonchev–Trinajstić information content (AvgIpc) is 2.87. The second kappa shape index (κ2) is 8.37. The predicted molar refractivity (Wildman–Crippen MR) is 95.6 cm³/mol. The van der Waals surface area contributed by atoms with Gasteiger partial charge in [0.15, 0.2) is 6.61 Å². The molecule has 8 heteroatoms. The van der Waals surface area contributed by atoms with Gasteiger partial charge in [-0.3, -0.25) is 4.79 Å². The normalized spacial score (nSPS) is 10.3. The third kappa shape index (κ3) is 4.87. The molecular weight excluding hydrogens is 373 g/mol. The third-order valence-electron chi connectivity index (χ3n) is 2.86. The van der Waals surface area contributed by atoms with Crippen molar-refractivity contribution in [2.75, 3.05) is 18.5 Å². The molecule has 1 heterocycles. The fourth-order valence-electron chi connectivity index (χ4n) is 1.87. The molecule has 128 valence electrons. The van der Waals surface area contributed by atoms with Crippen molar-refractivity contribution in [1.29, 1.82) is 0 Å². The van der Waals surface area contributed by atoms with Gasteiger partial charge in [0.2, 0.25) is 0 Å². The first-order valence-corrected chi connectivity index (χ1v) is 8.63. The summed E-state index contributed by atoms with van der Waals surface area (Å²) in [5.74, 6) is -0.531. The van der Waals surface area contributed by atoms with Gasteiger partial charge in [0.25, 0.3) is 5.91 Å². The molecule has 0 spiro atoms. The Bertz CT molecular complexity index is 761. The quantitative estimate of drug-likeness (QED) is 0.737. The van der Waals surface area contributed by atoms with E-state index in [4.69, 9.17) is 32.7 Å². The molecule has 1 aromatic heterocycles. The SMILES string of the molecule is CCOC(=O)c1cc(C)sc1NC(=O)COc1ccc(Cl)cc1Cl. The predicted octanol–water partition coefficient (Wildman–Crippen LogP) is 4.56. The van der Waals surface area contributed by atoms with Crippen molar-refractivity contribution in [3.63, 3.8) is 0 Å². The van der Waals surface area contributed by atoms with Crippen LogP contribution in [0.15, 0.2) is 24.3 Å². The highest BCUT2D eigenvalue weighted by Crippen LogP contribution is 2.29. The molecule has 1 aromatic carbocycles. The number of aryl methyl sites for hydroxylation is 1. The minimum Gasteiger partial charge on any atom is -0.482 e. The van der Waals surface area contributed by atoms with E-state index in [9.17, 15) is 9.59 Å². The number of anilines is 1. The second-order valence-corrected chi connectivity index (χ2v) is 6.83. The Kier molecular flexibility index (Phi) is 6.48. The standard InChI is InChI=1S/C16H15Cl2NO4S/c1-3-22-16(21)11-6-9(2)24-15(11)19-14(20)8-23-13-5-4-10(17)7-12(13)18/h4-7H,3,8H2,1-2H3,(H,19,20). The first-order valence-electron chi connectivity index (χ1n) is 7.06. The maximum absolute atomic E-state index is 12.1. The molecule has 0 aliphatic heterocycles. The summed E-state index contributed by atoms with van der Waals surface area (Å²) >= 11 is 13.1. The lowest BCUT2D eigenvalue weighted by Crippen LogP contribution is -2.21. The molecule has 0 saturated carbocycles. The number of nitrogens with one attached hydrogen (secondary N) is 1. The van der Waals surface area contributed by atoms with Gasteiger partial charge in [-0.05, 0) is 38.1 Å². The van der Waals surface area contributed by atoms with E-state index < -0.39 is 11.9 Å². The van der Waals surface area contributed by atoms with Crippen molar-refractivity contribution in [3.8, 4) is 5.75 Å². The number of hydrogen-bond acceptors (Lipinski definition) is 5. The smallest absolute Gasteiger partial charge is 0.341 e.